The van der Waals surface area contributed by atoms with Gasteiger partial charge in [-0.1, -0.05) is 24.3 Å². The van der Waals surface area contributed by atoms with E-state index in [4.69, 9.17) is 9.47 Å². The number of esters is 1. The number of anilines is 4. The summed E-state index contributed by atoms with van der Waals surface area (Å²) in [6.45, 7) is 5.76. The van der Waals surface area contributed by atoms with Crippen LogP contribution in [0, 0.1) is 6.92 Å². The maximum absolute atomic E-state index is 12.0. The van der Waals surface area contributed by atoms with E-state index in [1.807, 2.05) is 44.2 Å². The second kappa shape index (κ2) is 9.05. The monoisotopic (exact) mass is 392 g/mol. The molecular weight excluding hydrogens is 368 g/mol. The number of hydrogen-bond acceptors (Lipinski definition) is 7. The standard InChI is InChI=1S/C22H24N4O3/c1-14(2)29-19-12-8-7-11-18(19)26-21-13-20(23-15(3)24-21)25-17-10-6-5-9-16(17)22(27)28-4/h5-14H,1-4H3,(H2,23,24,25,26). The molecule has 0 aliphatic rings. The van der Waals surface area contributed by atoms with E-state index >= 15 is 0 Å². The van der Waals surface area contributed by atoms with Gasteiger partial charge in [-0.2, -0.15) is 0 Å². The van der Waals surface area contributed by atoms with Gasteiger partial charge in [0.15, 0.2) is 0 Å². The quantitative estimate of drug-likeness (QED) is 0.556. The van der Waals surface area contributed by atoms with E-state index in [1.165, 1.54) is 7.11 Å². The van der Waals surface area contributed by atoms with Gasteiger partial charge >= 0.3 is 5.97 Å². The fourth-order valence-corrected chi connectivity index (χ4v) is 2.78. The van der Waals surface area contributed by atoms with Gasteiger partial charge in [-0.05, 0) is 45.0 Å². The van der Waals surface area contributed by atoms with Gasteiger partial charge in [-0.25, -0.2) is 14.8 Å². The normalized spacial score (nSPS) is 10.5. The summed E-state index contributed by atoms with van der Waals surface area (Å²) in [7, 11) is 1.35. The van der Waals surface area contributed by atoms with Crippen molar-refractivity contribution in [3.8, 4) is 5.75 Å². The first-order chi connectivity index (χ1) is 14.0. The number of carbonyl (C=O) groups is 1. The first-order valence-electron chi connectivity index (χ1n) is 9.29. The highest BCUT2D eigenvalue weighted by Gasteiger charge is 2.13. The van der Waals surface area contributed by atoms with E-state index in [-0.39, 0.29) is 6.10 Å². The van der Waals surface area contributed by atoms with Crippen molar-refractivity contribution in [3.63, 3.8) is 0 Å². The molecule has 0 radical (unpaired) electrons. The Bertz CT molecular complexity index is 1000. The van der Waals surface area contributed by atoms with Gasteiger partial charge in [-0.3, -0.25) is 0 Å². The minimum absolute atomic E-state index is 0.0529. The van der Waals surface area contributed by atoms with Gasteiger partial charge < -0.3 is 20.1 Å². The summed E-state index contributed by atoms with van der Waals surface area (Å²) < 4.78 is 10.7. The van der Waals surface area contributed by atoms with Crippen molar-refractivity contribution in [2.24, 2.45) is 0 Å². The first-order valence-corrected chi connectivity index (χ1v) is 9.29. The van der Waals surface area contributed by atoms with Crippen molar-refractivity contribution in [3.05, 3.63) is 66.0 Å². The predicted molar refractivity (Wildman–Crippen MR) is 113 cm³/mol. The molecule has 2 N–H and O–H groups in total. The van der Waals surface area contributed by atoms with Gasteiger partial charge in [-0.15, -0.1) is 0 Å². The van der Waals surface area contributed by atoms with Crippen molar-refractivity contribution in [2.75, 3.05) is 17.7 Å². The van der Waals surface area contributed by atoms with E-state index in [9.17, 15) is 4.79 Å². The summed E-state index contributed by atoms with van der Waals surface area (Å²) in [5.41, 5.74) is 1.84. The molecule has 7 heteroatoms. The summed E-state index contributed by atoms with van der Waals surface area (Å²) in [6.07, 6.45) is 0.0529. The van der Waals surface area contributed by atoms with Crippen LogP contribution in [0.5, 0.6) is 5.75 Å². The number of ether oxygens (including phenoxy) is 2. The van der Waals surface area contributed by atoms with E-state index in [1.54, 1.807) is 31.2 Å². The molecule has 3 aromatic rings. The zero-order valence-corrected chi connectivity index (χ0v) is 16.9. The Labute approximate surface area is 170 Å². The largest absolute Gasteiger partial charge is 0.489 e. The number of nitrogens with one attached hydrogen (secondary N) is 2. The molecule has 1 aromatic heterocycles. The van der Waals surface area contributed by atoms with Crippen LogP contribution in [0.2, 0.25) is 0 Å². The van der Waals surface area contributed by atoms with Crippen molar-refractivity contribution in [1.82, 2.24) is 9.97 Å². The number of aryl methyl sites for hydroxylation is 1. The average molecular weight is 392 g/mol. The molecule has 0 aliphatic carbocycles. The van der Waals surface area contributed by atoms with Crippen LogP contribution >= 0.6 is 0 Å². The van der Waals surface area contributed by atoms with Crippen LogP contribution in [0.4, 0.5) is 23.0 Å². The van der Waals surface area contributed by atoms with E-state index in [0.29, 0.717) is 28.7 Å². The van der Waals surface area contributed by atoms with Crippen LogP contribution in [-0.4, -0.2) is 29.2 Å². The van der Waals surface area contributed by atoms with Crippen molar-refractivity contribution in [2.45, 2.75) is 26.9 Å². The Hall–Kier alpha value is -3.61. The van der Waals surface area contributed by atoms with Gasteiger partial charge in [0.2, 0.25) is 0 Å². The number of aromatic nitrogens is 2. The smallest absolute Gasteiger partial charge is 0.339 e. The number of rotatable bonds is 7. The lowest BCUT2D eigenvalue weighted by Gasteiger charge is -2.16. The maximum atomic E-state index is 12.0. The highest BCUT2D eigenvalue weighted by atomic mass is 16.5. The summed E-state index contributed by atoms with van der Waals surface area (Å²) in [4.78, 5) is 20.9. The second-order valence-corrected chi connectivity index (χ2v) is 6.64. The van der Waals surface area contributed by atoms with Crippen LogP contribution in [0.25, 0.3) is 0 Å². The lowest BCUT2D eigenvalue weighted by Crippen LogP contribution is -2.09. The molecule has 0 spiro atoms. The Balaban J connectivity index is 1.88. The third-order valence-electron chi connectivity index (χ3n) is 3.95. The minimum atomic E-state index is -0.419. The summed E-state index contributed by atoms with van der Waals surface area (Å²) in [5.74, 6) is 2.06. The lowest BCUT2D eigenvalue weighted by molar-refractivity contribution is 0.0602. The molecule has 0 amide bonds. The topological polar surface area (TPSA) is 85.4 Å². The van der Waals surface area contributed by atoms with E-state index in [2.05, 4.69) is 20.6 Å². The predicted octanol–water partition coefficient (Wildman–Crippen LogP) is 4.85. The molecule has 150 valence electrons. The van der Waals surface area contributed by atoms with Gasteiger partial charge in [0.25, 0.3) is 0 Å². The molecule has 29 heavy (non-hydrogen) atoms. The number of methoxy groups -OCH3 is 1. The number of nitrogens with zero attached hydrogens (tertiary/aromatic N) is 2. The molecular formula is C22H24N4O3. The fourth-order valence-electron chi connectivity index (χ4n) is 2.78. The van der Waals surface area contributed by atoms with E-state index < -0.39 is 5.97 Å². The van der Waals surface area contributed by atoms with Gasteiger partial charge in [0.1, 0.15) is 23.2 Å². The highest BCUT2D eigenvalue weighted by molar-refractivity contribution is 5.96. The van der Waals surface area contributed by atoms with Gasteiger partial charge in [0.05, 0.1) is 30.2 Å². The highest BCUT2D eigenvalue weighted by Crippen LogP contribution is 2.29. The summed E-state index contributed by atoms with van der Waals surface area (Å²) in [5, 5.41) is 6.46. The zero-order chi connectivity index (χ0) is 20.8. The first kappa shape index (κ1) is 20.1. The Morgan fingerprint density at radius 2 is 1.52 bits per heavy atom. The molecule has 0 saturated carbocycles. The lowest BCUT2D eigenvalue weighted by atomic mass is 10.2. The van der Waals surface area contributed by atoms with Crippen molar-refractivity contribution >= 4 is 29.0 Å². The van der Waals surface area contributed by atoms with Crippen molar-refractivity contribution < 1.29 is 14.3 Å². The number of para-hydroxylation sites is 3. The Morgan fingerprint density at radius 1 is 0.931 bits per heavy atom. The third-order valence-corrected chi connectivity index (χ3v) is 3.95. The minimum Gasteiger partial charge on any atom is -0.489 e. The summed E-state index contributed by atoms with van der Waals surface area (Å²) >= 11 is 0. The third kappa shape index (κ3) is 5.22. The summed E-state index contributed by atoms with van der Waals surface area (Å²) in [6, 6.07) is 16.6. The zero-order valence-electron chi connectivity index (χ0n) is 16.9. The molecule has 3 rings (SSSR count). The molecule has 2 aromatic carbocycles. The average Bonchev–Trinajstić information content (AvgIpc) is 2.68. The van der Waals surface area contributed by atoms with Crippen LogP contribution in [-0.2, 0) is 4.74 Å². The number of hydrogen-bond donors (Lipinski definition) is 2. The molecule has 0 unspecified atom stereocenters. The SMILES string of the molecule is COC(=O)c1ccccc1Nc1cc(Nc2ccccc2OC(C)C)nc(C)n1. The Kier molecular flexibility index (Phi) is 6.29. The Morgan fingerprint density at radius 3 is 2.17 bits per heavy atom. The molecule has 0 fully saturated rings. The molecule has 0 aliphatic heterocycles. The number of benzene rings is 2. The van der Waals surface area contributed by atoms with E-state index in [0.717, 1.165) is 11.4 Å². The van der Waals surface area contributed by atoms with Crippen LogP contribution in [0.15, 0.2) is 54.6 Å². The molecule has 7 nitrogen and oxygen atoms in total. The van der Waals surface area contributed by atoms with Crippen LogP contribution < -0.4 is 15.4 Å². The fraction of sp³-hybridized carbons (Fsp3) is 0.227. The van der Waals surface area contributed by atoms with Crippen molar-refractivity contribution in [1.29, 1.82) is 0 Å². The van der Waals surface area contributed by atoms with Gasteiger partial charge in [0, 0.05) is 6.07 Å². The van der Waals surface area contributed by atoms with Crippen LogP contribution in [0.3, 0.4) is 0 Å². The van der Waals surface area contributed by atoms with Crippen LogP contribution in [0.1, 0.15) is 30.0 Å². The maximum Gasteiger partial charge on any atom is 0.339 e. The molecule has 0 saturated heterocycles. The molecule has 1 heterocycles. The molecule has 0 atom stereocenters. The molecule has 0 bridgehead atoms. The second-order valence-electron chi connectivity index (χ2n) is 6.64. The number of carbonyl (C=O) groups excluding carboxylic acids is 1.